The number of carbonyl (C=O) groups excluding carboxylic acids is 3. The van der Waals surface area contributed by atoms with Gasteiger partial charge in [-0.2, -0.15) is 0 Å². The summed E-state index contributed by atoms with van der Waals surface area (Å²) in [6.07, 6.45) is 1.31. The van der Waals surface area contributed by atoms with Crippen molar-refractivity contribution in [1.82, 2.24) is 5.32 Å². The molecule has 2 aromatic rings. The predicted octanol–water partition coefficient (Wildman–Crippen LogP) is 3.11. The molecule has 0 unspecified atom stereocenters. The van der Waals surface area contributed by atoms with Crippen LogP contribution in [0.15, 0.2) is 42.0 Å². The highest BCUT2D eigenvalue weighted by Crippen LogP contribution is 2.34. The normalized spacial score (nSPS) is 15.6. The van der Waals surface area contributed by atoms with Crippen LogP contribution in [0.1, 0.15) is 5.56 Å². The molecule has 7 nitrogen and oxygen atoms in total. The molecule has 2 aromatic carbocycles. The predicted molar refractivity (Wildman–Crippen MR) is 108 cm³/mol. The molecule has 1 saturated heterocycles. The quantitative estimate of drug-likeness (QED) is 0.400. The third kappa shape index (κ3) is 3.57. The van der Waals surface area contributed by atoms with Crippen LogP contribution in [0, 0.1) is 9.39 Å². The number of benzene rings is 2. The van der Waals surface area contributed by atoms with Crippen molar-refractivity contribution < 1.29 is 28.2 Å². The summed E-state index contributed by atoms with van der Waals surface area (Å²) >= 11 is 2.03. The van der Waals surface area contributed by atoms with Gasteiger partial charge in [-0.25, -0.2) is 14.1 Å². The Balaban J connectivity index is 2.07. The Bertz CT molecular complexity index is 1020. The molecule has 0 radical (unpaired) electrons. The van der Waals surface area contributed by atoms with E-state index >= 15 is 0 Å². The second kappa shape index (κ2) is 7.97. The fourth-order valence-corrected chi connectivity index (χ4v) is 3.54. The minimum Gasteiger partial charge on any atom is -0.493 e. The van der Waals surface area contributed by atoms with Gasteiger partial charge in [-0.05, 0) is 58.5 Å². The maximum absolute atomic E-state index is 14.1. The van der Waals surface area contributed by atoms with Crippen molar-refractivity contribution in [3.8, 4) is 11.5 Å². The van der Waals surface area contributed by atoms with Crippen molar-refractivity contribution in [3.05, 3.63) is 56.9 Å². The average Bonchev–Trinajstić information content (AvgIpc) is 2.66. The van der Waals surface area contributed by atoms with Gasteiger partial charge in [0.1, 0.15) is 11.4 Å². The van der Waals surface area contributed by atoms with E-state index in [0.29, 0.717) is 25.5 Å². The van der Waals surface area contributed by atoms with Crippen molar-refractivity contribution in [2.24, 2.45) is 0 Å². The number of urea groups is 1. The second-order valence-electron chi connectivity index (χ2n) is 5.65. The first kappa shape index (κ1) is 19.8. The lowest BCUT2D eigenvalue weighted by atomic mass is 10.1. The van der Waals surface area contributed by atoms with E-state index < -0.39 is 23.7 Å². The van der Waals surface area contributed by atoms with E-state index in [2.05, 4.69) is 5.32 Å². The molecule has 1 aliphatic heterocycles. The van der Waals surface area contributed by atoms with Gasteiger partial charge < -0.3 is 9.47 Å². The lowest BCUT2D eigenvalue weighted by molar-refractivity contribution is -0.122. The molecule has 0 spiro atoms. The third-order valence-electron chi connectivity index (χ3n) is 3.96. The lowest BCUT2D eigenvalue weighted by Gasteiger charge is -2.26. The highest BCUT2D eigenvalue weighted by molar-refractivity contribution is 14.1. The molecule has 1 aliphatic rings. The number of methoxy groups -OCH3 is 2. The van der Waals surface area contributed by atoms with Gasteiger partial charge in [0.25, 0.3) is 11.8 Å². The van der Waals surface area contributed by atoms with Gasteiger partial charge in [-0.3, -0.25) is 14.9 Å². The first-order valence-corrected chi connectivity index (χ1v) is 9.02. The van der Waals surface area contributed by atoms with Crippen LogP contribution in [-0.4, -0.2) is 32.1 Å². The van der Waals surface area contributed by atoms with E-state index in [4.69, 9.17) is 9.47 Å². The summed E-state index contributed by atoms with van der Waals surface area (Å²) < 4.78 is 25.3. The summed E-state index contributed by atoms with van der Waals surface area (Å²) in [5, 5.41) is 2.06. The van der Waals surface area contributed by atoms with E-state index in [-0.39, 0.29) is 11.3 Å². The molecule has 0 saturated carbocycles. The first-order valence-electron chi connectivity index (χ1n) is 7.95. The van der Waals surface area contributed by atoms with Crippen LogP contribution in [0.2, 0.25) is 0 Å². The topological polar surface area (TPSA) is 84.9 Å². The molecule has 0 aliphatic carbocycles. The van der Waals surface area contributed by atoms with Gasteiger partial charge in [0.2, 0.25) is 0 Å². The molecule has 0 atom stereocenters. The number of halogens is 2. The van der Waals surface area contributed by atoms with E-state index in [1.165, 1.54) is 38.5 Å². The number of imide groups is 2. The van der Waals surface area contributed by atoms with Crippen LogP contribution in [0.5, 0.6) is 11.5 Å². The number of barbiturate groups is 1. The molecule has 1 N–H and O–H groups in total. The number of hydrogen-bond donors (Lipinski definition) is 1. The minimum absolute atomic E-state index is 0.245. The Morgan fingerprint density at radius 3 is 2.46 bits per heavy atom. The fraction of sp³-hybridized carbons (Fsp3) is 0.105. The fourth-order valence-electron chi connectivity index (χ4n) is 2.70. The number of rotatable bonds is 4. The van der Waals surface area contributed by atoms with E-state index in [9.17, 15) is 18.8 Å². The first-order chi connectivity index (χ1) is 13.4. The number of anilines is 1. The molecule has 4 amide bonds. The van der Waals surface area contributed by atoms with E-state index in [1.54, 1.807) is 12.1 Å². The summed E-state index contributed by atoms with van der Waals surface area (Å²) in [6, 6.07) is 7.55. The molecular formula is C19H14FIN2O5. The summed E-state index contributed by atoms with van der Waals surface area (Å²) in [5.41, 5.74) is -0.0838. The smallest absolute Gasteiger partial charge is 0.336 e. The zero-order chi connectivity index (χ0) is 20.4. The van der Waals surface area contributed by atoms with Crippen LogP contribution in [0.25, 0.3) is 6.08 Å². The molecule has 1 fully saturated rings. The summed E-state index contributed by atoms with van der Waals surface area (Å²) in [5.74, 6) is -1.64. The van der Waals surface area contributed by atoms with Crippen molar-refractivity contribution in [2.75, 3.05) is 19.1 Å². The van der Waals surface area contributed by atoms with Crippen LogP contribution in [0.3, 0.4) is 0 Å². The highest BCUT2D eigenvalue weighted by Gasteiger charge is 2.38. The van der Waals surface area contributed by atoms with Gasteiger partial charge in [-0.15, -0.1) is 0 Å². The zero-order valence-electron chi connectivity index (χ0n) is 14.8. The average molecular weight is 496 g/mol. The maximum Gasteiger partial charge on any atom is 0.336 e. The molecule has 0 bridgehead atoms. The zero-order valence-corrected chi connectivity index (χ0v) is 16.9. The van der Waals surface area contributed by atoms with Gasteiger partial charge in [0, 0.05) is 0 Å². The number of nitrogens with one attached hydrogen (secondary N) is 1. The number of hydrogen-bond acceptors (Lipinski definition) is 5. The van der Waals surface area contributed by atoms with Crippen LogP contribution in [-0.2, 0) is 9.59 Å². The molecule has 0 aromatic heterocycles. The molecule has 9 heteroatoms. The number of ether oxygens (including phenoxy) is 2. The Morgan fingerprint density at radius 1 is 1.11 bits per heavy atom. The number of carbonyl (C=O) groups is 3. The van der Waals surface area contributed by atoms with Crippen LogP contribution >= 0.6 is 22.6 Å². The van der Waals surface area contributed by atoms with Crippen molar-refractivity contribution in [3.63, 3.8) is 0 Å². The monoisotopic (exact) mass is 496 g/mol. The van der Waals surface area contributed by atoms with Crippen LogP contribution < -0.4 is 19.7 Å². The largest absolute Gasteiger partial charge is 0.493 e. The van der Waals surface area contributed by atoms with E-state index in [0.717, 1.165) is 6.07 Å². The Hall–Kier alpha value is -2.95. The molecule has 3 rings (SSSR count). The van der Waals surface area contributed by atoms with Crippen LogP contribution in [0.4, 0.5) is 14.9 Å². The Labute approximate surface area is 173 Å². The van der Waals surface area contributed by atoms with Gasteiger partial charge in [0.05, 0.1) is 23.5 Å². The van der Waals surface area contributed by atoms with Gasteiger partial charge >= 0.3 is 6.03 Å². The summed E-state index contributed by atoms with van der Waals surface area (Å²) in [4.78, 5) is 37.8. The van der Waals surface area contributed by atoms with Crippen molar-refractivity contribution in [1.29, 1.82) is 0 Å². The van der Waals surface area contributed by atoms with E-state index in [1.807, 2.05) is 22.6 Å². The number of nitrogens with zero attached hydrogens (tertiary/aromatic N) is 1. The number of para-hydroxylation sites is 1. The van der Waals surface area contributed by atoms with Gasteiger partial charge in [-0.1, -0.05) is 12.1 Å². The molecule has 1 heterocycles. The minimum atomic E-state index is -1.01. The third-order valence-corrected chi connectivity index (χ3v) is 4.76. The SMILES string of the molecule is COc1cc(/C=C2\C(=O)NC(=O)N(c3ccccc3F)C2=O)cc(I)c1OC. The Morgan fingerprint density at radius 2 is 1.82 bits per heavy atom. The van der Waals surface area contributed by atoms with Crippen molar-refractivity contribution >= 4 is 52.2 Å². The summed E-state index contributed by atoms with van der Waals surface area (Å²) in [7, 11) is 2.95. The second-order valence-corrected chi connectivity index (χ2v) is 6.81. The van der Waals surface area contributed by atoms with Gasteiger partial charge in [0.15, 0.2) is 11.5 Å². The standard InChI is InChI=1S/C19H14FIN2O5/c1-27-15-9-10(8-13(21)16(15)28-2)7-11-17(24)22-19(26)23(18(11)25)14-6-4-3-5-12(14)20/h3-9H,1-2H3,(H,22,24,26)/b11-7+. The highest BCUT2D eigenvalue weighted by atomic mass is 127. The Kier molecular flexibility index (Phi) is 5.63. The molecule has 28 heavy (non-hydrogen) atoms. The number of amides is 4. The maximum atomic E-state index is 14.1. The molecule has 144 valence electrons. The van der Waals surface area contributed by atoms with Crippen molar-refractivity contribution in [2.45, 2.75) is 0 Å². The lowest BCUT2D eigenvalue weighted by Crippen LogP contribution is -2.54. The summed E-state index contributed by atoms with van der Waals surface area (Å²) in [6.45, 7) is 0. The molecular weight excluding hydrogens is 482 g/mol.